The van der Waals surface area contributed by atoms with Crippen molar-refractivity contribution in [3.8, 4) is 0 Å². The van der Waals surface area contributed by atoms with Gasteiger partial charge in [0.2, 0.25) is 0 Å². The van der Waals surface area contributed by atoms with E-state index in [1.165, 1.54) is 6.92 Å². The molecule has 0 N–H and O–H groups in total. The molecule has 1 unspecified atom stereocenters. The van der Waals surface area contributed by atoms with Crippen molar-refractivity contribution in [1.82, 2.24) is 0 Å². The zero-order valence-corrected chi connectivity index (χ0v) is 9.33. The summed E-state index contributed by atoms with van der Waals surface area (Å²) in [5.41, 5.74) is 0. The van der Waals surface area contributed by atoms with E-state index in [0.29, 0.717) is 0 Å². The Kier molecular flexibility index (Phi) is 9.86. The van der Waals surface area contributed by atoms with Crippen molar-refractivity contribution in [2.24, 2.45) is 0 Å². The summed E-state index contributed by atoms with van der Waals surface area (Å²) in [4.78, 5) is 10.6. The first-order chi connectivity index (χ1) is 5.29. The Morgan fingerprint density at radius 1 is 1.38 bits per heavy atom. The van der Waals surface area contributed by atoms with Gasteiger partial charge in [0.1, 0.15) is 6.10 Å². The molecule has 0 saturated heterocycles. The molecular formula is C9H16Cl2O2. The van der Waals surface area contributed by atoms with Crippen LogP contribution in [0.3, 0.4) is 0 Å². The first-order valence-electron chi connectivity index (χ1n) is 4.11. The number of hydrogen-bond donors (Lipinski definition) is 0. The van der Waals surface area contributed by atoms with Gasteiger partial charge in [0.25, 0.3) is 0 Å². The molecule has 0 aromatic carbocycles. The summed E-state index contributed by atoms with van der Waals surface area (Å²) in [6, 6.07) is 0. The Labute approximate surface area is 91.5 Å². The topological polar surface area (TPSA) is 26.3 Å². The van der Waals surface area contributed by atoms with Crippen molar-refractivity contribution >= 4 is 30.8 Å². The smallest absolute Gasteiger partial charge is 0.302 e. The monoisotopic (exact) mass is 226 g/mol. The fraction of sp³-hybridized carbons (Fsp3) is 0.667. The van der Waals surface area contributed by atoms with Crippen molar-refractivity contribution < 1.29 is 9.53 Å². The number of allylic oxidation sites excluding steroid dienone is 1. The second kappa shape index (κ2) is 8.39. The molecule has 1 rings (SSSR count). The molecule has 1 aliphatic rings. The predicted octanol–water partition coefficient (Wildman–Crippen LogP) is 2.89. The molecule has 1 aliphatic carbocycles. The second-order valence-corrected chi connectivity index (χ2v) is 2.87. The zero-order valence-electron chi connectivity index (χ0n) is 7.69. The second-order valence-electron chi connectivity index (χ2n) is 2.87. The van der Waals surface area contributed by atoms with Crippen LogP contribution in [0.25, 0.3) is 0 Å². The Balaban J connectivity index is 0. The van der Waals surface area contributed by atoms with Gasteiger partial charge in [0, 0.05) is 13.3 Å². The molecule has 0 spiro atoms. The molecule has 0 heterocycles. The normalized spacial score (nSPS) is 20.5. The minimum absolute atomic E-state index is 0. The van der Waals surface area contributed by atoms with Crippen molar-refractivity contribution in [3.05, 3.63) is 12.2 Å². The molecule has 0 aromatic rings. The highest BCUT2D eigenvalue weighted by Gasteiger charge is 2.10. The summed E-state index contributed by atoms with van der Waals surface area (Å²) in [5.74, 6) is -0.162. The highest BCUT2D eigenvalue weighted by atomic mass is 35.5. The van der Waals surface area contributed by atoms with Crippen LogP contribution in [0.4, 0.5) is 0 Å². The number of esters is 1. The number of halogens is 2. The van der Waals surface area contributed by atoms with E-state index in [1.54, 1.807) is 0 Å². The Morgan fingerprint density at radius 3 is 2.69 bits per heavy atom. The average molecular weight is 227 g/mol. The lowest BCUT2D eigenvalue weighted by Gasteiger charge is -2.12. The number of carbonyl (C=O) groups is 1. The predicted molar refractivity (Wildman–Crippen MR) is 57.7 cm³/mol. The molecule has 4 heteroatoms. The third-order valence-electron chi connectivity index (χ3n) is 1.80. The molecule has 0 aliphatic heterocycles. The number of rotatable bonds is 1. The quantitative estimate of drug-likeness (QED) is 0.508. The van der Waals surface area contributed by atoms with Crippen LogP contribution in [0.1, 0.15) is 32.6 Å². The van der Waals surface area contributed by atoms with Gasteiger partial charge in [-0.05, 0) is 19.3 Å². The highest BCUT2D eigenvalue weighted by molar-refractivity contribution is 5.85. The minimum atomic E-state index is -0.162. The highest BCUT2D eigenvalue weighted by Crippen LogP contribution is 2.14. The maximum atomic E-state index is 10.6. The lowest BCUT2D eigenvalue weighted by molar-refractivity contribution is -0.146. The number of ether oxygens (including phenoxy) is 1. The SMILES string of the molecule is CC(=O)OC1CC=CCCC1.Cl.Cl. The van der Waals surface area contributed by atoms with Gasteiger partial charge in [-0.25, -0.2) is 0 Å². The van der Waals surface area contributed by atoms with Gasteiger partial charge in [-0.1, -0.05) is 12.2 Å². The lowest BCUT2D eigenvalue weighted by atomic mass is 10.1. The van der Waals surface area contributed by atoms with E-state index in [1.807, 2.05) is 0 Å². The molecule has 0 bridgehead atoms. The third-order valence-corrected chi connectivity index (χ3v) is 1.80. The van der Waals surface area contributed by atoms with Crippen LogP contribution in [-0.4, -0.2) is 12.1 Å². The summed E-state index contributed by atoms with van der Waals surface area (Å²) in [5, 5.41) is 0. The summed E-state index contributed by atoms with van der Waals surface area (Å²) >= 11 is 0. The Bertz CT molecular complexity index is 169. The minimum Gasteiger partial charge on any atom is -0.462 e. The van der Waals surface area contributed by atoms with Gasteiger partial charge in [-0.15, -0.1) is 24.8 Å². The molecule has 0 fully saturated rings. The Hall–Kier alpha value is -0.210. The maximum absolute atomic E-state index is 10.6. The Morgan fingerprint density at radius 2 is 2.08 bits per heavy atom. The summed E-state index contributed by atoms with van der Waals surface area (Å²) in [6.07, 6.45) is 8.54. The zero-order chi connectivity index (χ0) is 8.10. The van der Waals surface area contributed by atoms with Crippen LogP contribution in [0.2, 0.25) is 0 Å². The summed E-state index contributed by atoms with van der Waals surface area (Å²) in [7, 11) is 0. The van der Waals surface area contributed by atoms with Crippen molar-refractivity contribution in [2.45, 2.75) is 38.7 Å². The third kappa shape index (κ3) is 6.91. The van der Waals surface area contributed by atoms with Crippen LogP contribution < -0.4 is 0 Å². The summed E-state index contributed by atoms with van der Waals surface area (Å²) < 4.78 is 5.08. The van der Waals surface area contributed by atoms with Crippen molar-refractivity contribution in [1.29, 1.82) is 0 Å². The van der Waals surface area contributed by atoms with Crippen LogP contribution in [-0.2, 0) is 9.53 Å². The van der Waals surface area contributed by atoms with Gasteiger partial charge in [0.05, 0.1) is 0 Å². The molecular weight excluding hydrogens is 211 g/mol. The molecule has 13 heavy (non-hydrogen) atoms. The van der Waals surface area contributed by atoms with E-state index in [0.717, 1.165) is 25.7 Å². The maximum Gasteiger partial charge on any atom is 0.302 e. The molecule has 0 amide bonds. The molecule has 2 nitrogen and oxygen atoms in total. The first-order valence-corrected chi connectivity index (χ1v) is 4.11. The van der Waals surface area contributed by atoms with Crippen LogP contribution in [0.5, 0.6) is 0 Å². The van der Waals surface area contributed by atoms with Gasteiger partial charge in [0.15, 0.2) is 0 Å². The first kappa shape index (κ1) is 15.3. The fourth-order valence-electron chi connectivity index (χ4n) is 1.29. The van der Waals surface area contributed by atoms with Gasteiger partial charge >= 0.3 is 5.97 Å². The van der Waals surface area contributed by atoms with Crippen LogP contribution in [0, 0.1) is 0 Å². The molecule has 78 valence electrons. The van der Waals surface area contributed by atoms with E-state index in [4.69, 9.17) is 4.74 Å². The van der Waals surface area contributed by atoms with E-state index in [2.05, 4.69) is 12.2 Å². The van der Waals surface area contributed by atoms with Crippen LogP contribution in [0.15, 0.2) is 12.2 Å². The standard InChI is InChI=1S/C9H14O2.2ClH/c1-8(10)11-9-6-4-2-3-5-7-9;;/h2,4,9H,3,5-7H2,1H3;2*1H. The van der Waals surface area contributed by atoms with E-state index < -0.39 is 0 Å². The van der Waals surface area contributed by atoms with E-state index in [-0.39, 0.29) is 36.9 Å². The molecule has 1 atom stereocenters. The average Bonchev–Trinajstić information content (AvgIpc) is 2.14. The van der Waals surface area contributed by atoms with Gasteiger partial charge in [-0.2, -0.15) is 0 Å². The molecule has 0 saturated carbocycles. The lowest BCUT2D eigenvalue weighted by Crippen LogP contribution is -2.14. The van der Waals surface area contributed by atoms with E-state index >= 15 is 0 Å². The van der Waals surface area contributed by atoms with Gasteiger partial charge in [-0.3, -0.25) is 4.79 Å². The van der Waals surface area contributed by atoms with Crippen molar-refractivity contribution in [3.63, 3.8) is 0 Å². The fourth-order valence-corrected chi connectivity index (χ4v) is 1.29. The summed E-state index contributed by atoms with van der Waals surface area (Å²) in [6.45, 7) is 1.47. The molecule has 0 radical (unpaired) electrons. The number of hydrogen-bond acceptors (Lipinski definition) is 2. The largest absolute Gasteiger partial charge is 0.462 e. The van der Waals surface area contributed by atoms with Gasteiger partial charge < -0.3 is 4.74 Å². The molecule has 0 aromatic heterocycles. The number of carbonyl (C=O) groups excluding carboxylic acids is 1. The van der Waals surface area contributed by atoms with Crippen LogP contribution >= 0.6 is 24.8 Å². The van der Waals surface area contributed by atoms with E-state index in [9.17, 15) is 4.79 Å². The van der Waals surface area contributed by atoms with Crippen molar-refractivity contribution in [2.75, 3.05) is 0 Å².